The highest BCUT2D eigenvalue weighted by Gasteiger charge is 2.12. The summed E-state index contributed by atoms with van der Waals surface area (Å²) in [5.74, 6) is -0.466. The molecule has 2 aromatic carbocycles. The molecule has 1 aromatic heterocycles. The molecular weight excluding hydrogens is 281 g/mol. The number of carbonyl (C=O) groups is 1. The van der Waals surface area contributed by atoms with E-state index in [1.807, 2.05) is 24.6 Å². The zero-order valence-electron chi connectivity index (χ0n) is 12.4. The number of aromatic nitrogens is 2. The third kappa shape index (κ3) is 2.70. The largest absolute Gasteiger partial charge is 0.346 e. The third-order valence-electron chi connectivity index (χ3n) is 3.71. The van der Waals surface area contributed by atoms with E-state index in [-0.39, 0.29) is 17.8 Å². The van der Waals surface area contributed by atoms with Gasteiger partial charge >= 0.3 is 0 Å². The Kier molecular flexibility index (Phi) is 3.63. The minimum absolute atomic E-state index is 0.177. The van der Waals surface area contributed by atoms with Crippen LogP contribution in [-0.4, -0.2) is 15.5 Å². The van der Waals surface area contributed by atoms with E-state index in [0.717, 1.165) is 16.6 Å². The lowest BCUT2D eigenvalue weighted by atomic mass is 10.1. The van der Waals surface area contributed by atoms with E-state index in [1.165, 1.54) is 12.1 Å². The molecule has 1 amide bonds. The van der Waals surface area contributed by atoms with Crippen molar-refractivity contribution in [2.24, 2.45) is 7.05 Å². The first-order valence-electron chi connectivity index (χ1n) is 7.02. The zero-order chi connectivity index (χ0) is 15.7. The van der Waals surface area contributed by atoms with Crippen molar-refractivity contribution < 1.29 is 9.18 Å². The second-order valence-electron chi connectivity index (χ2n) is 5.31. The maximum Gasteiger partial charge on any atom is 0.251 e. The maximum absolute atomic E-state index is 12.9. The molecule has 3 rings (SSSR count). The van der Waals surface area contributed by atoms with Gasteiger partial charge in [-0.15, -0.1) is 0 Å². The first-order chi connectivity index (χ1) is 10.5. The number of rotatable bonds is 3. The standard InChI is InChI=1S/C17H16FN3O/c1-11(12-3-6-14(18)7-4-12)20-17(22)13-5-8-16-15(9-13)19-10-21(16)2/h3-11H,1-2H3,(H,20,22)/t11-/m0/s1. The Morgan fingerprint density at radius 2 is 1.95 bits per heavy atom. The summed E-state index contributed by atoms with van der Waals surface area (Å²) in [5, 5.41) is 2.91. The average Bonchev–Trinajstić information content (AvgIpc) is 2.88. The second kappa shape index (κ2) is 5.60. The Balaban J connectivity index is 1.78. The Morgan fingerprint density at radius 1 is 1.23 bits per heavy atom. The molecule has 0 aliphatic rings. The van der Waals surface area contributed by atoms with Crippen molar-refractivity contribution in [1.29, 1.82) is 0 Å². The molecule has 22 heavy (non-hydrogen) atoms. The SMILES string of the molecule is C[C@H](NC(=O)c1ccc2c(c1)ncn2C)c1ccc(F)cc1. The predicted molar refractivity (Wildman–Crippen MR) is 83.0 cm³/mol. The van der Waals surface area contributed by atoms with Crippen molar-refractivity contribution in [2.45, 2.75) is 13.0 Å². The Morgan fingerprint density at radius 3 is 2.68 bits per heavy atom. The van der Waals surface area contributed by atoms with Crippen molar-refractivity contribution in [2.75, 3.05) is 0 Å². The fraction of sp³-hybridized carbons (Fsp3) is 0.176. The monoisotopic (exact) mass is 297 g/mol. The number of benzene rings is 2. The van der Waals surface area contributed by atoms with Crippen LogP contribution in [0.4, 0.5) is 4.39 Å². The number of amides is 1. The summed E-state index contributed by atoms with van der Waals surface area (Å²) in [6, 6.07) is 11.3. The van der Waals surface area contributed by atoms with E-state index in [2.05, 4.69) is 10.3 Å². The van der Waals surface area contributed by atoms with Crippen molar-refractivity contribution in [3.8, 4) is 0 Å². The lowest BCUT2D eigenvalue weighted by molar-refractivity contribution is 0.0940. The van der Waals surface area contributed by atoms with Gasteiger partial charge in [-0.25, -0.2) is 9.37 Å². The molecule has 0 spiro atoms. The molecule has 0 unspecified atom stereocenters. The van der Waals surface area contributed by atoms with E-state index in [1.54, 1.807) is 30.6 Å². The fourth-order valence-corrected chi connectivity index (χ4v) is 2.39. The summed E-state index contributed by atoms with van der Waals surface area (Å²) in [4.78, 5) is 16.6. The predicted octanol–water partition coefficient (Wildman–Crippen LogP) is 3.20. The van der Waals surface area contributed by atoms with Crippen LogP contribution >= 0.6 is 0 Å². The number of hydrogen-bond acceptors (Lipinski definition) is 2. The number of carbonyl (C=O) groups excluding carboxylic acids is 1. The first kappa shape index (κ1) is 14.3. The van der Waals surface area contributed by atoms with Crippen LogP contribution in [0.25, 0.3) is 11.0 Å². The van der Waals surface area contributed by atoms with Gasteiger partial charge in [-0.3, -0.25) is 4.79 Å². The number of nitrogens with one attached hydrogen (secondary N) is 1. The van der Waals surface area contributed by atoms with Gasteiger partial charge in [0.05, 0.1) is 23.4 Å². The van der Waals surface area contributed by atoms with Gasteiger partial charge in [-0.2, -0.15) is 0 Å². The Labute approximate surface area is 127 Å². The van der Waals surface area contributed by atoms with Crippen LogP contribution in [0.5, 0.6) is 0 Å². The number of aryl methyl sites for hydroxylation is 1. The number of halogens is 1. The van der Waals surface area contributed by atoms with Gasteiger partial charge in [0.15, 0.2) is 0 Å². The molecule has 3 aromatic rings. The normalized spacial score (nSPS) is 12.3. The van der Waals surface area contributed by atoms with E-state index in [9.17, 15) is 9.18 Å². The third-order valence-corrected chi connectivity index (χ3v) is 3.71. The molecule has 0 saturated heterocycles. The topological polar surface area (TPSA) is 46.9 Å². The van der Waals surface area contributed by atoms with Crippen LogP contribution in [0.2, 0.25) is 0 Å². The van der Waals surface area contributed by atoms with Gasteiger partial charge in [0, 0.05) is 12.6 Å². The average molecular weight is 297 g/mol. The van der Waals surface area contributed by atoms with Crippen molar-refractivity contribution in [3.05, 3.63) is 65.7 Å². The lowest BCUT2D eigenvalue weighted by Gasteiger charge is -2.14. The summed E-state index contributed by atoms with van der Waals surface area (Å²) in [6.07, 6.45) is 1.72. The second-order valence-corrected chi connectivity index (χ2v) is 5.31. The molecule has 0 aliphatic heterocycles. The highest BCUT2D eigenvalue weighted by Crippen LogP contribution is 2.16. The quantitative estimate of drug-likeness (QED) is 0.807. The van der Waals surface area contributed by atoms with Gasteiger partial charge in [-0.1, -0.05) is 12.1 Å². The summed E-state index contributed by atoms with van der Waals surface area (Å²) in [6.45, 7) is 1.87. The minimum Gasteiger partial charge on any atom is -0.346 e. The molecule has 4 nitrogen and oxygen atoms in total. The maximum atomic E-state index is 12.9. The van der Waals surface area contributed by atoms with Gasteiger partial charge in [0.1, 0.15) is 5.82 Å². The summed E-state index contributed by atoms with van der Waals surface area (Å²) < 4.78 is 14.8. The van der Waals surface area contributed by atoms with Gasteiger partial charge < -0.3 is 9.88 Å². The van der Waals surface area contributed by atoms with Crippen LogP contribution < -0.4 is 5.32 Å². The molecule has 0 radical (unpaired) electrons. The Bertz CT molecular complexity index is 824. The van der Waals surface area contributed by atoms with Gasteiger partial charge in [-0.05, 0) is 42.8 Å². The molecule has 0 aliphatic carbocycles. The first-order valence-corrected chi connectivity index (χ1v) is 7.02. The van der Waals surface area contributed by atoms with Crippen molar-refractivity contribution in [1.82, 2.24) is 14.9 Å². The summed E-state index contributed by atoms with van der Waals surface area (Å²) >= 11 is 0. The number of fused-ring (bicyclic) bond motifs is 1. The van der Waals surface area contributed by atoms with E-state index in [0.29, 0.717) is 5.56 Å². The smallest absolute Gasteiger partial charge is 0.251 e. The van der Waals surface area contributed by atoms with Crippen molar-refractivity contribution in [3.63, 3.8) is 0 Å². The van der Waals surface area contributed by atoms with Crippen molar-refractivity contribution >= 4 is 16.9 Å². The molecular formula is C17H16FN3O. The van der Waals surface area contributed by atoms with E-state index in [4.69, 9.17) is 0 Å². The fourth-order valence-electron chi connectivity index (χ4n) is 2.39. The molecule has 1 heterocycles. The molecule has 1 atom stereocenters. The van der Waals surface area contributed by atoms with Crippen LogP contribution in [0.15, 0.2) is 48.8 Å². The van der Waals surface area contributed by atoms with Crippen LogP contribution in [-0.2, 0) is 7.05 Å². The number of nitrogens with zero attached hydrogens (tertiary/aromatic N) is 2. The van der Waals surface area contributed by atoms with Gasteiger partial charge in [0.25, 0.3) is 5.91 Å². The van der Waals surface area contributed by atoms with Crippen LogP contribution in [0.1, 0.15) is 28.9 Å². The van der Waals surface area contributed by atoms with Crippen LogP contribution in [0, 0.1) is 5.82 Å². The zero-order valence-corrected chi connectivity index (χ0v) is 12.4. The highest BCUT2D eigenvalue weighted by atomic mass is 19.1. The highest BCUT2D eigenvalue weighted by molar-refractivity contribution is 5.97. The summed E-state index contributed by atoms with van der Waals surface area (Å²) in [7, 11) is 1.91. The molecule has 112 valence electrons. The Hall–Kier alpha value is -2.69. The van der Waals surface area contributed by atoms with Crippen LogP contribution in [0.3, 0.4) is 0 Å². The minimum atomic E-state index is -0.289. The van der Waals surface area contributed by atoms with E-state index >= 15 is 0 Å². The number of hydrogen-bond donors (Lipinski definition) is 1. The summed E-state index contributed by atoms with van der Waals surface area (Å²) in [5.41, 5.74) is 3.17. The lowest BCUT2D eigenvalue weighted by Crippen LogP contribution is -2.26. The van der Waals surface area contributed by atoms with E-state index < -0.39 is 0 Å². The van der Waals surface area contributed by atoms with Gasteiger partial charge in [0.2, 0.25) is 0 Å². The molecule has 0 bridgehead atoms. The molecule has 0 saturated carbocycles. The molecule has 1 N–H and O–H groups in total. The molecule has 5 heteroatoms. The number of imidazole rings is 1. The molecule has 0 fully saturated rings.